The molecule has 2 heterocycles. The molecule has 1 aromatic carbocycles. The molecule has 6 nitrogen and oxygen atoms in total. The Kier molecular flexibility index (Phi) is 5.76. The zero-order chi connectivity index (χ0) is 20.4. The molecule has 2 aromatic rings. The van der Waals surface area contributed by atoms with Crippen LogP contribution in [0.4, 0.5) is 21.7 Å². The van der Waals surface area contributed by atoms with E-state index in [0.717, 1.165) is 36.6 Å². The van der Waals surface area contributed by atoms with Gasteiger partial charge in [-0.15, -0.1) is 0 Å². The average molecular weight is 401 g/mol. The molecule has 1 fully saturated rings. The molecule has 2 aliphatic rings. The lowest BCUT2D eigenvalue weighted by Crippen LogP contribution is -2.37. The number of alkyl halides is 1. The van der Waals surface area contributed by atoms with Crippen molar-refractivity contribution in [2.45, 2.75) is 37.3 Å². The summed E-state index contributed by atoms with van der Waals surface area (Å²) in [4.78, 5) is 7.16. The van der Waals surface area contributed by atoms with E-state index < -0.39 is 6.67 Å². The first-order valence-electron chi connectivity index (χ1n) is 10.0. The largest absolute Gasteiger partial charge is 0.493 e. The van der Waals surface area contributed by atoms with Gasteiger partial charge < -0.3 is 24.4 Å². The molecule has 7 heteroatoms. The summed E-state index contributed by atoms with van der Waals surface area (Å²) in [6, 6.07) is 10.3. The van der Waals surface area contributed by atoms with Crippen LogP contribution in [0.3, 0.4) is 0 Å². The Morgan fingerprint density at radius 1 is 1.14 bits per heavy atom. The van der Waals surface area contributed by atoms with Crippen LogP contribution in [0, 0.1) is 0 Å². The van der Waals surface area contributed by atoms with Crippen molar-refractivity contribution in [3.63, 3.8) is 0 Å². The molecule has 29 heavy (non-hydrogen) atoms. The highest BCUT2D eigenvalue weighted by Crippen LogP contribution is 2.47. The number of anilines is 3. The second-order valence-electron chi connectivity index (χ2n) is 7.58. The van der Waals surface area contributed by atoms with Crippen LogP contribution in [-0.4, -0.2) is 51.7 Å². The maximum Gasteiger partial charge on any atom is 0.162 e. The fraction of sp³-hybridized carbons (Fsp3) is 0.500. The van der Waals surface area contributed by atoms with Gasteiger partial charge in [0.05, 0.1) is 26.9 Å². The molecule has 1 aliphatic carbocycles. The number of nitrogens with one attached hydrogen (secondary N) is 1. The number of benzene rings is 1. The number of pyridine rings is 1. The van der Waals surface area contributed by atoms with Crippen molar-refractivity contribution in [1.82, 2.24) is 4.98 Å². The highest BCUT2D eigenvalue weighted by molar-refractivity contribution is 5.66. The zero-order valence-electron chi connectivity index (χ0n) is 17.2. The Hall–Kier alpha value is -2.54. The van der Waals surface area contributed by atoms with Crippen LogP contribution in [0.2, 0.25) is 0 Å². The van der Waals surface area contributed by atoms with Crippen molar-refractivity contribution >= 4 is 17.3 Å². The molecule has 3 atom stereocenters. The van der Waals surface area contributed by atoms with E-state index in [0.29, 0.717) is 23.5 Å². The molecular formula is C22H28FN3O3. The summed E-state index contributed by atoms with van der Waals surface area (Å²) in [5.41, 5.74) is 2.14. The Morgan fingerprint density at radius 3 is 2.72 bits per heavy atom. The predicted octanol–water partition coefficient (Wildman–Crippen LogP) is 4.28. The van der Waals surface area contributed by atoms with Gasteiger partial charge in [0.25, 0.3) is 0 Å². The normalized spacial score (nSPS) is 22.8. The lowest BCUT2D eigenvalue weighted by Gasteiger charge is -2.34. The van der Waals surface area contributed by atoms with Crippen molar-refractivity contribution in [3.05, 3.63) is 35.9 Å². The molecule has 1 saturated carbocycles. The topological polar surface area (TPSA) is 55.9 Å². The summed E-state index contributed by atoms with van der Waals surface area (Å²) >= 11 is 0. The van der Waals surface area contributed by atoms with Crippen LogP contribution in [-0.2, 0) is 4.74 Å². The summed E-state index contributed by atoms with van der Waals surface area (Å²) in [7, 11) is 5.35. The van der Waals surface area contributed by atoms with Crippen LogP contribution < -0.4 is 19.7 Å². The van der Waals surface area contributed by atoms with Crippen LogP contribution in [0.25, 0.3) is 0 Å². The zero-order valence-corrected chi connectivity index (χ0v) is 17.2. The molecule has 0 spiro atoms. The van der Waals surface area contributed by atoms with Crippen LogP contribution in [0.1, 0.15) is 30.7 Å². The minimum Gasteiger partial charge on any atom is -0.493 e. The quantitative estimate of drug-likeness (QED) is 0.747. The SMILES string of the molecule is COc1ccc(Nc2ccc3c(n2)N(C)C2CCC(OCCF)CC32)cc1OC. The summed E-state index contributed by atoms with van der Waals surface area (Å²) in [5, 5.41) is 3.36. The molecule has 1 N–H and O–H groups in total. The third-order valence-corrected chi connectivity index (χ3v) is 5.99. The lowest BCUT2D eigenvalue weighted by atomic mass is 9.81. The third-order valence-electron chi connectivity index (χ3n) is 5.99. The predicted molar refractivity (Wildman–Crippen MR) is 112 cm³/mol. The van der Waals surface area contributed by atoms with Gasteiger partial charge in [0.2, 0.25) is 0 Å². The minimum atomic E-state index is -0.423. The second-order valence-corrected chi connectivity index (χ2v) is 7.58. The maximum absolute atomic E-state index is 12.5. The molecule has 1 aromatic heterocycles. The molecule has 0 saturated heterocycles. The van der Waals surface area contributed by atoms with E-state index in [9.17, 15) is 4.39 Å². The summed E-state index contributed by atoms with van der Waals surface area (Å²) in [5.74, 6) is 3.54. The molecule has 0 amide bonds. The van der Waals surface area contributed by atoms with Gasteiger partial charge in [0, 0.05) is 36.3 Å². The van der Waals surface area contributed by atoms with Gasteiger partial charge in [-0.3, -0.25) is 0 Å². The monoisotopic (exact) mass is 401 g/mol. The highest BCUT2D eigenvalue weighted by atomic mass is 19.1. The van der Waals surface area contributed by atoms with E-state index in [2.05, 4.69) is 23.3 Å². The Bertz CT molecular complexity index is 863. The Labute approximate surface area is 171 Å². The minimum absolute atomic E-state index is 0.135. The van der Waals surface area contributed by atoms with Gasteiger partial charge in [0.1, 0.15) is 18.3 Å². The van der Waals surface area contributed by atoms with E-state index in [-0.39, 0.29) is 12.7 Å². The van der Waals surface area contributed by atoms with Crippen molar-refractivity contribution in [1.29, 1.82) is 0 Å². The van der Waals surface area contributed by atoms with E-state index in [4.69, 9.17) is 19.2 Å². The van der Waals surface area contributed by atoms with Gasteiger partial charge in [-0.25, -0.2) is 9.37 Å². The van der Waals surface area contributed by atoms with Gasteiger partial charge in [-0.2, -0.15) is 0 Å². The highest BCUT2D eigenvalue weighted by Gasteiger charge is 2.42. The van der Waals surface area contributed by atoms with E-state index >= 15 is 0 Å². The van der Waals surface area contributed by atoms with Crippen LogP contribution in [0.5, 0.6) is 11.5 Å². The molecule has 1 aliphatic heterocycles. The van der Waals surface area contributed by atoms with Crippen molar-refractivity contribution in [2.24, 2.45) is 0 Å². The first-order valence-corrected chi connectivity index (χ1v) is 10.0. The number of aromatic nitrogens is 1. The first kappa shape index (κ1) is 19.8. The average Bonchev–Trinajstić information content (AvgIpc) is 3.03. The number of fused-ring (bicyclic) bond motifs is 3. The van der Waals surface area contributed by atoms with Crippen LogP contribution >= 0.6 is 0 Å². The Morgan fingerprint density at radius 2 is 1.97 bits per heavy atom. The lowest BCUT2D eigenvalue weighted by molar-refractivity contribution is 0.0136. The summed E-state index contributed by atoms with van der Waals surface area (Å²) in [6.45, 7) is -0.231. The van der Waals surface area contributed by atoms with Crippen molar-refractivity contribution in [2.75, 3.05) is 44.8 Å². The van der Waals surface area contributed by atoms with E-state index in [1.165, 1.54) is 5.56 Å². The number of hydrogen-bond donors (Lipinski definition) is 1. The number of nitrogens with zero attached hydrogens (tertiary/aromatic N) is 2. The van der Waals surface area contributed by atoms with E-state index in [1.807, 2.05) is 24.3 Å². The van der Waals surface area contributed by atoms with E-state index in [1.54, 1.807) is 14.2 Å². The molecule has 156 valence electrons. The fourth-order valence-corrected chi connectivity index (χ4v) is 4.60. The molecule has 3 unspecified atom stereocenters. The standard InChI is InChI=1S/C22H28FN3O3/c1-26-18-7-5-15(29-11-10-23)13-17(18)16-6-9-21(25-22(16)26)24-14-4-8-19(27-2)20(12-14)28-3/h4,6,8-9,12,15,17-18H,5,7,10-11,13H2,1-3H3,(H,24,25). The fourth-order valence-electron chi connectivity index (χ4n) is 4.60. The van der Waals surface area contributed by atoms with Crippen molar-refractivity contribution in [3.8, 4) is 11.5 Å². The number of ether oxygens (including phenoxy) is 3. The molecule has 0 radical (unpaired) electrons. The second kappa shape index (κ2) is 8.45. The van der Waals surface area contributed by atoms with Crippen molar-refractivity contribution < 1.29 is 18.6 Å². The smallest absolute Gasteiger partial charge is 0.162 e. The number of likely N-dealkylation sites (N-methyl/N-ethyl adjacent to an activating group) is 1. The molecule has 4 rings (SSSR count). The Balaban J connectivity index is 1.53. The van der Waals surface area contributed by atoms with Gasteiger partial charge in [-0.05, 0) is 37.5 Å². The first-order chi connectivity index (χ1) is 14.1. The third kappa shape index (κ3) is 3.83. The summed E-state index contributed by atoms with van der Waals surface area (Å²) in [6.07, 6.45) is 3.06. The molecule has 0 bridgehead atoms. The number of methoxy groups -OCH3 is 2. The number of hydrogen-bond acceptors (Lipinski definition) is 6. The van der Waals surface area contributed by atoms with Gasteiger partial charge >= 0.3 is 0 Å². The van der Waals surface area contributed by atoms with Crippen LogP contribution in [0.15, 0.2) is 30.3 Å². The summed E-state index contributed by atoms with van der Waals surface area (Å²) < 4.78 is 28.8. The number of rotatable bonds is 7. The van der Waals surface area contributed by atoms with Gasteiger partial charge in [-0.1, -0.05) is 6.07 Å². The maximum atomic E-state index is 12.5. The number of halogens is 1. The van der Waals surface area contributed by atoms with Gasteiger partial charge in [0.15, 0.2) is 11.5 Å². The molecular weight excluding hydrogens is 373 g/mol.